The van der Waals surface area contributed by atoms with Gasteiger partial charge in [0.2, 0.25) is 5.69 Å². The zero-order valence-electron chi connectivity index (χ0n) is 15.3. The fraction of sp³-hybridized carbons (Fsp3) is 0.217. The lowest BCUT2D eigenvalue weighted by Gasteiger charge is -2.22. The van der Waals surface area contributed by atoms with Gasteiger partial charge < -0.3 is 0 Å². The molecule has 4 rings (SSSR count). The van der Waals surface area contributed by atoms with Gasteiger partial charge in [-0.05, 0) is 48.2 Å². The van der Waals surface area contributed by atoms with Crippen LogP contribution >= 0.6 is 11.3 Å². The van der Waals surface area contributed by atoms with Gasteiger partial charge in [0.05, 0.1) is 5.41 Å². The fourth-order valence-corrected chi connectivity index (χ4v) is 4.89. The Balaban J connectivity index is 1.94. The van der Waals surface area contributed by atoms with Crippen molar-refractivity contribution in [3.05, 3.63) is 70.4 Å². The first-order valence-corrected chi connectivity index (χ1v) is 9.73. The number of Topliss-reactive ketones (excluding diaryl/α,β-unsaturated/α-hetero) is 1. The number of carbonyl (C=O) groups excluding carboxylic acids is 1. The molecule has 0 bridgehead atoms. The second kappa shape index (κ2) is 6.33. The van der Waals surface area contributed by atoms with Crippen LogP contribution < -0.4 is 0 Å². The van der Waals surface area contributed by atoms with E-state index < -0.39 is 0 Å². The highest BCUT2D eigenvalue weighted by atomic mass is 32.1. The van der Waals surface area contributed by atoms with E-state index in [9.17, 15) is 4.79 Å². The third kappa shape index (κ3) is 2.63. The highest BCUT2D eigenvalue weighted by Crippen LogP contribution is 2.46. The molecule has 1 atom stereocenters. The summed E-state index contributed by atoms with van der Waals surface area (Å²) in [7, 11) is 2.10. The van der Waals surface area contributed by atoms with Crippen LogP contribution in [0.15, 0.2) is 60.0 Å². The summed E-state index contributed by atoms with van der Waals surface area (Å²) in [5, 5.41) is 4.54. The van der Waals surface area contributed by atoms with E-state index in [1.165, 1.54) is 32.6 Å². The summed E-state index contributed by atoms with van der Waals surface area (Å²) in [6.07, 6.45) is 4.84. The van der Waals surface area contributed by atoms with Gasteiger partial charge in [0, 0.05) is 29.0 Å². The van der Waals surface area contributed by atoms with Gasteiger partial charge in [0.1, 0.15) is 12.8 Å². The molecule has 2 heterocycles. The number of nitrogens with zero attached hydrogens (tertiary/aromatic N) is 1. The molecule has 3 aromatic rings. The van der Waals surface area contributed by atoms with Crippen molar-refractivity contribution in [3.8, 4) is 0 Å². The molecule has 0 saturated heterocycles. The average molecular weight is 361 g/mol. The Labute approximate surface area is 158 Å². The SMILES string of the molecule is CC(=O)CC1(C)C(C=Cc2cccs2)=[N+](C)c2ccc3ccccc3c21. The van der Waals surface area contributed by atoms with Crippen LogP contribution in [0.3, 0.4) is 0 Å². The minimum atomic E-state index is -0.329. The van der Waals surface area contributed by atoms with Crippen molar-refractivity contribution < 1.29 is 9.37 Å². The number of allylic oxidation sites excluding steroid dienone is 1. The molecule has 2 aromatic carbocycles. The van der Waals surface area contributed by atoms with Crippen molar-refractivity contribution in [3.63, 3.8) is 0 Å². The Kier molecular flexibility index (Phi) is 4.12. The molecular weight excluding hydrogens is 338 g/mol. The number of carbonyl (C=O) groups is 1. The fourth-order valence-electron chi connectivity index (χ4n) is 4.27. The van der Waals surface area contributed by atoms with Gasteiger partial charge in [-0.2, -0.15) is 4.58 Å². The van der Waals surface area contributed by atoms with Gasteiger partial charge in [-0.15, -0.1) is 11.3 Å². The van der Waals surface area contributed by atoms with Crippen LogP contribution in [0.25, 0.3) is 16.8 Å². The van der Waals surface area contributed by atoms with Crippen molar-refractivity contribution in [1.82, 2.24) is 0 Å². The van der Waals surface area contributed by atoms with Gasteiger partial charge in [-0.25, -0.2) is 0 Å². The third-order valence-electron chi connectivity index (χ3n) is 5.30. The van der Waals surface area contributed by atoms with Crippen LogP contribution in [0.1, 0.15) is 30.7 Å². The zero-order valence-corrected chi connectivity index (χ0v) is 16.1. The van der Waals surface area contributed by atoms with Crippen LogP contribution in [-0.4, -0.2) is 23.1 Å². The van der Waals surface area contributed by atoms with Gasteiger partial charge in [-0.3, -0.25) is 4.79 Å². The second-order valence-electron chi connectivity index (χ2n) is 7.18. The quantitative estimate of drug-likeness (QED) is 0.556. The largest absolute Gasteiger partial charge is 0.300 e. The molecule has 0 fully saturated rings. The van der Waals surface area contributed by atoms with Gasteiger partial charge in [0.15, 0.2) is 5.71 Å². The van der Waals surface area contributed by atoms with E-state index in [-0.39, 0.29) is 11.2 Å². The lowest BCUT2D eigenvalue weighted by molar-refractivity contribution is -0.401. The lowest BCUT2D eigenvalue weighted by Crippen LogP contribution is -2.32. The second-order valence-corrected chi connectivity index (χ2v) is 8.16. The maximum atomic E-state index is 12.2. The number of fused-ring (bicyclic) bond motifs is 3. The highest BCUT2D eigenvalue weighted by Gasteiger charge is 2.48. The van der Waals surface area contributed by atoms with Crippen LogP contribution in [0, 0.1) is 0 Å². The van der Waals surface area contributed by atoms with Crippen molar-refractivity contribution >= 4 is 45.4 Å². The summed E-state index contributed by atoms with van der Waals surface area (Å²) < 4.78 is 2.24. The topological polar surface area (TPSA) is 20.1 Å². The molecule has 1 aliphatic rings. The van der Waals surface area contributed by atoms with Crippen molar-refractivity contribution in [1.29, 1.82) is 0 Å². The number of hydrogen-bond donors (Lipinski definition) is 0. The third-order valence-corrected chi connectivity index (χ3v) is 6.14. The molecule has 3 heteroatoms. The van der Waals surface area contributed by atoms with E-state index in [4.69, 9.17) is 0 Å². The molecule has 0 N–H and O–H groups in total. The smallest absolute Gasteiger partial charge is 0.210 e. The van der Waals surface area contributed by atoms with E-state index in [0.29, 0.717) is 6.42 Å². The molecule has 0 spiro atoms. The maximum absolute atomic E-state index is 12.2. The number of hydrogen-bond acceptors (Lipinski definition) is 2. The van der Waals surface area contributed by atoms with Gasteiger partial charge in [-0.1, -0.05) is 30.3 Å². The number of benzene rings is 2. The minimum Gasteiger partial charge on any atom is -0.300 e. The predicted molar refractivity (Wildman–Crippen MR) is 111 cm³/mol. The molecule has 0 aliphatic carbocycles. The highest BCUT2D eigenvalue weighted by molar-refractivity contribution is 7.10. The number of rotatable bonds is 4. The Bertz CT molecular complexity index is 1060. The Morgan fingerprint density at radius 3 is 2.65 bits per heavy atom. The summed E-state index contributed by atoms with van der Waals surface area (Å²) in [6.45, 7) is 3.90. The molecule has 0 saturated carbocycles. The first kappa shape index (κ1) is 16.9. The maximum Gasteiger partial charge on any atom is 0.210 e. The van der Waals surface area contributed by atoms with Crippen molar-refractivity contribution in [2.45, 2.75) is 25.7 Å². The molecule has 0 amide bonds. The minimum absolute atomic E-state index is 0.212. The summed E-state index contributed by atoms with van der Waals surface area (Å²) >= 11 is 1.72. The predicted octanol–water partition coefficient (Wildman–Crippen LogP) is 5.58. The zero-order chi connectivity index (χ0) is 18.3. The summed E-state index contributed by atoms with van der Waals surface area (Å²) in [4.78, 5) is 13.4. The molecule has 1 aliphatic heterocycles. The summed E-state index contributed by atoms with van der Waals surface area (Å²) in [6, 6.07) is 17.0. The summed E-state index contributed by atoms with van der Waals surface area (Å²) in [5.74, 6) is 0.212. The number of ketones is 1. The first-order chi connectivity index (χ1) is 12.5. The van der Waals surface area contributed by atoms with Crippen LogP contribution in [0.2, 0.25) is 0 Å². The van der Waals surface area contributed by atoms with Crippen molar-refractivity contribution in [2.75, 3.05) is 7.05 Å². The molecular formula is C23H22NOS+. The van der Waals surface area contributed by atoms with Gasteiger partial charge in [0.25, 0.3) is 0 Å². The first-order valence-electron chi connectivity index (χ1n) is 8.85. The van der Waals surface area contributed by atoms with E-state index in [1.807, 2.05) is 0 Å². The van der Waals surface area contributed by atoms with Crippen LogP contribution in [0.5, 0.6) is 0 Å². The molecule has 0 radical (unpaired) electrons. The van der Waals surface area contributed by atoms with E-state index >= 15 is 0 Å². The Morgan fingerprint density at radius 2 is 1.92 bits per heavy atom. The molecule has 26 heavy (non-hydrogen) atoms. The normalized spacial score (nSPS) is 19.5. The van der Waals surface area contributed by atoms with Crippen LogP contribution in [0.4, 0.5) is 5.69 Å². The Morgan fingerprint density at radius 1 is 1.12 bits per heavy atom. The monoisotopic (exact) mass is 360 g/mol. The molecule has 1 aromatic heterocycles. The molecule has 1 unspecified atom stereocenters. The average Bonchev–Trinajstić information content (AvgIpc) is 3.19. The van der Waals surface area contributed by atoms with E-state index in [0.717, 1.165) is 0 Å². The standard InChI is InChI=1S/C23H22NOS/c1-16(25)15-23(2)21(13-11-18-8-6-14-26-18)24(3)20-12-10-17-7-4-5-9-19(17)22(20)23/h4-14H,15H2,1-3H3/q+1. The molecule has 2 nitrogen and oxygen atoms in total. The number of thiophene rings is 1. The van der Waals surface area contributed by atoms with Crippen molar-refractivity contribution in [2.24, 2.45) is 0 Å². The Hall–Kier alpha value is -2.52. The van der Waals surface area contributed by atoms with Crippen LogP contribution in [-0.2, 0) is 10.2 Å². The van der Waals surface area contributed by atoms with E-state index in [2.05, 4.69) is 84.6 Å². The van der Waals surface area contributed by atoms with Gasteiger partial charge >= 0.3 is 0 Å². The van der Waals surface area contributed by atoms with E-state index in [1.54, 1.807) is 18.3 Å². The molecule has 130 valence electrons. The summed E-state index contributed by atoms with van der Waals surface area (Å²) in [5.41, 5.74) is 3.30. The lowest BCUT2D eigenvalue weighted by atomic mass is 9.73.